The van der Waals surface area contributed by atoms with Crippen LogP contribution in [0.2, 0.25) is 0 Å². The van der Waals surface area contributed by atoms with Gasteiger partial charge in [-0.25, -0.2) is 0 Å². The first-order chi connectivity index (χ1) is 7.72. The maximum Gasteiger partial charge on any atom is 0.252 e. The van der Waals surface area contributed by atoms with Gasteiger partial charge in [0.05, 0.1) is 6.07 Å². The summed E-state index contributed by atoms with van der Waals surface area (Å²) in [5, 5.41) is 11.7. The van der Waals surface area contributed by atoms with Crippen molar-refractivity contribution in [3.05, 3.63) is 35.4 Å². The molecule has 1 unspecified atom stereocenters. The van der Waals surface area contributed by atoms with Crippen LogP contribution in [0, 0.1) is 24.2 Å². The van der Waals surface area contributed by atoms with Crippen LogP contribution in [0.3, 0.4) is 0 Å². The first-order valence-electron chi connectivity index (χ1n) is 5.48. The third-order valence-corrected chi connectivity index (χ3v) is 2.91. The van der Waals surface area contributed by atoms with Gasteiger partial charge >= 0.3 is 0 Å². The number of carbonyl (C=O) groups excluding carboxylic acids is 1. The predicted octanol–water partition coefficient (Wildman–Crippen LogP) is 2.03. The number of nitrogens with one attached hydrogen (secondary N) is 1. The van der Waals surface area contributed by atoms with Gasteiger partial charge in [-0.3, -0.25) is 4.79 Å². The molecule has 2 rings (SSSR count). The van der Waals surface area contributed by atoms with Crippen LogP contribution in [0.5, 0.6) is 0 Å². The van der Waals surface area contributed by atoms with Gasteiger partial charge in [-0.05, 0) is 37.3 Å². The van der Waals surface area contributed by atoms with E-state index in [9.17, 15) is 4.79 Å². The molecule has 0 saturated heterocycles. The molecule has 1 amide bonds. The van der Waals surface area contributed by atoms with Crippen molar-refractivity contribution < 1.29 is 4.79 Å². The second kappa shape index (κ2) is 4.36. The summed E-state index contributed by atoms with van der Waals surface area (Å²) >= 11 is 0. The largest absolute Gasteiger partial charge is 0.336 e. The number of hydrogen-bond donors (Lipinski definition) is 1. The Bertz CT molecular complexity index is 443. The van der Waals surface area contributed by atoms with Crippen molar-refractivity contribution in [2.24, 2.45) is 5.92 Å². The Kier molecular flexibility index (Phi) is 2.91. The van der Waals surface area contributed by atoms with E-state index >= 15 is 0 Å². The first-order valence-corrected chi connectivity index (χ1v) is 5.48. The van der Waals surface area contributed by atoms with Gasteiger partial charge in [0, 0.05) is 5.56 Å². The fourth-order valence-electron chi connectivity index (χ4n) is 1.73. The minimum absolute atomic E-state index is 0.142. The zero-order valence-electron chi connectivity index (χ0n) is 9.23. The lowest BCUT2D eigenvalue weighted by molar-refractivity contribution is 0.0941. The van der Waals surface area contributed by atoms with Gasteiger partial charge in [-0.1, -0.05) is 18.2 Å². The average molecular weight is 214 g/mol. The van der Waals surface area contributed by atoms with Crippen LogP contribution in [-0.2, 0) is 0 Å². The number of nitrogens with zero attached hydrogens (tertiary/aromatic N) is 1. The molecule has 1 aliphatic rings. The summed E-state index contributed by atoms with van der Waals surface area (Å²) in [7, 11) is 0. The standard InChI is InChI=1S/C13H14N2O/c1-9-4-2-3-5-11(9)13(16)15-12(8-14)10-6-7-10/h2-5,10,12H,6-7H2,1H3,(H,15,16). The van der Waals surface area contributed by atoms with Crippen LogP contribution in [0.1, 0.15) is 28.8 Å². The Labute approximate surface area is 95.1 Å². The van der Waals surface area contributed by atoms with E-state index in [4.69, 9.17) is 5.26 Å². The molecular weight excluding hydrogens is 200 g/mol. The van der Waals surface area contributed by atoms with Crippen LogP contribution in [0.15, 0.2) is 24.3 Å². The molecule has 1 aromatic rings. The minimum atomic E-state index is -0.327. The summed E-state index contributed by atoms with van der Waals surface area (Å²) in [5.41, 5.74) is 1.59. The molecule has 0 aromatic heterocycles. The van der Waals surface area contributed by atoms with E-state index in [1.807, 2.05) is 25.1 Å². The lowest BCUT2D eigenvalue weighted by Crippen LogP contribution is -2.35. The Hall–Kier alpha value is -1.82. The molecule has 0 spiro atoms. The van der Waals surface area contributed by atoms with Crippen LogP contribution >= 0.6 is 0 Å². The average Bonchev–Trinajstić information content (AvgIpc) is 3.10. The predicted molar refractivity (Wildman–Crippen MR) is 60.8 cm³/mol. The highest BCUT2D eigenvalue weighted by Crippen LogP contribution is 2.32. The zero-order chi connectivity index (χ0) is 11.5. The maximum atomic E-state index is 11.9. The molecule has 1 saturated carbocycles. The third kappa shape index (κ3) is 2.22. The molecule has 1 aliphatic carbocycles. The van der Waals surface area contributed by atoms with E-state index in [1.165, 1.54) is 0 Å². The van der Waals surface area contributed by atoms with Crippen molar-refractivity contribution in [2.45, 2.75) is 25.8 Å². The Morgan fingerprint density at radius 1 is 1.50 bits per heavy atom. The van der Waals surface area contributed by atoms with E-state index in [-0.39, 0.29) is 11.9 Å². The number of rotatable bonds is 3. The molecule has 3 heteroatoms. The first kappa shape index (κ1) is 10.7. The van der Waals surface area contributed by atoms with Crippen LogP contribution in [0.4, 0.5) is 0 Å². The van der Waals surface area contributed by atoms with Crippen molar-refractivity contribution in [1.29, 1.82) is 5.26 Å². The molecule has 3 nitrogen and oxygen atoms in total. The molecule has 1 N–H and O–H groups in total. The fraction of sp³-hybridized carbons (Fsp3) is 0.385. The quantitative estimate of drug-likeness (QED) is 0.837. The monoisotopic (exact) mass is 214 g/mol. The second-order valence-corrected chi connectivity index (χ2v) is 4.23. The van der Waals surface area contributed by atoms with Crippen LogP contribution in [0.25, 0.3) is 0 Å². The van der Waals surface area contributed by atoms with E-state index < -0.39 is 0 Å². The van der Waals surface area contributed by atoms with Crippen LogP contribution < -0.4 is 5.32 Å². The number of amides is 1. The number of nitriles is 1. The van der Waals surface area contributed by atoms with Crippen molar-refractivity contribution >= 4 is 5.91 Å². The second-order valence-electron chi connectivity index (χ2n) is 4.23. The van der Waals surface area contributed by atoms with E-state index in [0.29, 0.717) is 11.5 Å². The minimum Gasteiger partial charge on any atom is -0.336 e. The smallest absolute Gasteiger partial charge is 0.252 e. The van der Waals surface area contributed by atoms with Crippen molar-refractivity contribution in [3.63, 3.8) is 0 Å². The van der Waals surface area contributed by atoms with Gasteiger partial charge in [-0.2, -0.15) is 5.26 Å². The highest BCUT2D eigenvalue weighted by Gasteiger charge is 2.32. The molecule has 1 aromatic carbocycles. The van der Waals surface area contributed by atoms with Crippen molar-refractivity contribution in [3.8, 4) is 6.07 Å². The Morgan fingerprint density at radius 3 is 2.75 bits per heavy atom. The van der Waals surface area contributed by atoms with Gasteiger partial charge in [0.25, 0.3) is 5.91 Å². The molecule has 1 fully saturated rings. The summed E-state index contributed by atoms with van der Waals surface area (Å²) in [4.78, 5) is 11.9. The summed E-state index contributed by atoms with van der Waals surface area (Å²) in [6.07, 6.45) is 2.10. The maximum absolute atomic E-state index is 11.9. The molecule has 0 heterocycles. The van der Waals surface area contributed by atoms with Gasteiger partial charge in [0.2, 0.25) is 0 Å². The van der Waals surface area contributed by atoms with Crippen molar-refractivity contribution in [1.82, 2.24) is 5.32 Å². The molecule has 0 radical (unpaired) electrons. The normalized spacial score (nSPS) is 16.2. The van der Waals surface area contributed by atoms with Gasteiger partial charge in [-0.15, -0.1) is 0 Å². The fourth-order valence-corrected chi connectivity index (χ4v) is 1.73. The summed E-state index contributed by atoms with van der Waals surface area (Å²) in [5.74, 6) is 0.217. The van der Waals surface area contributed by atoms with E-state index in [2.05, 4.69) is 11.4 Å². The lowest BCUT2D eigenvalue weighted by Gasteiger charge is -2.11. The molecule has 82 valence electrons. The van der Waals surface area contributed by atoms with Crippen LogP contribution in [-0.4, -0.2) is 11.9 Å². The van der Waals surface area contributed by atoms with E-state index in [0.717, 1.165) is 18.4 Å². The number of aryl methyl sites for hydroxylation is 1. The molecule has 1 atom stereocenters. The molecule has 0 aliphatic heterocycles. The SMILES string of the molecule is Cc1ccccc1C(=O)NC(C#N)C1CC1. The number of hydrogen-bond acceptors (Lipinski definition) is 2. The summed E-state index contributed by atoms with van der Waals surface area (Å²) in [6.45, 7) is 1.90. The molecular formula is C13H14N2O. The summed E-state index contributed by atoms with van der Waals surface area (Å²) in [6, 6.07) is 9.24. The Balaban J connectivity index is 2.08. The highest BCUT2D eigenvalue weighted by molar-refractivity contribution is 5.95. The number of benzene rings is 1. The van der Waals surface area contributed by atoms with Gasteiger partial charge in [0.1, 0.15) is 6.04 Å². The molecule has 0 bridgehead atoms. The number of carbonyl (C=O) groups is 1. The summed E-state index contributed by atoms with van der Waals surface area (Å²) < 4.78 is 0. The van der Waals surface area contributed by atoms with Gasteiger partial charge < -0.3 is 5.32 Å². The van der Waals surface area contributed by atoms with E-state index in [1.54, 1.807) is 6.07 Å². The van der Waals surface area contributed by atoms with Crippen molar-refractivity contribution in [2.75, 3.05) is 0 Å². The Morgan fingerprint density at radius 2 is 2.19 bits per heavy atom. The van der Waals surface area contributed by atoms with Gasteiger partial charge in [0.15, 0.2) is 0 Å². The highest BCUT2D eigenvalue weighted by atomic mass is 16.1. The topological polar surface area (TPSA) is 52.9 Å². The zero-order valence-corrected chi connectivity index (χ0v) is 9.23. The lowest BCUT2D eigenvalue weighted by atomic mass is 10.1. The molecule has 16 heavy (non-hydrogen) atoms. The third-order valence-electron chi connectivity index (χ3n) is 2.91.